The lowest BCUT2D eigenvalue weighted by Crippen LogP contribution is -2.04. The number of nitrogens with two attached hydrogens (primary N) is 1. The summed E-state index contributed by atoms with van der Waals surface area (Å²) in [5, 5.41) is 0.230. The lowest BCUT2D eigenvalue weighted by Gasteiger charge is -2.12. The Kier molecular flexibility index (Phi) is 4.27. The molecule has 0 spiro atoms. The lowest BCUT2D eigenvalue weighted by molar-refractivity contribution is 0.391. The van der Waals surface area contributed by atoms with Gasteiger partial charge in [-0.3, -0.25) is 0 Å². The molecule has 3 aromatic rings. The summed E-state index contributed by atoms with van der Waals surface area (Å²) in [7, 11) is 3.20. The number of aromatic nitrogens is 4. The van der Waals surface area contributed by atoms with Crippen molar-refractivity contribution in [1.29, 1.82) is 0 Å². The Hall–Kier alpha value is -2.06. The van der Waals surface area contributed by atoms with Crippen molar-refractivity contribution in [2.75, 3.05) is 20.0 Å². The predicted molar refractivity (Wildman–Crippen MR) is 91.1 cm³/mol. The molecular weight excluding hydrogens is 386 g/mol. The maximum atomic E-state index is 6.05. The molecule has 0 atom stereocenters. The largest absolute Gasteiger partial charge is 0.497 e. The zero-order chi connectivity index (χ0) is 16.6. The molecule has 0 aliphatic rings. The van der Waals surface area contributed by atoms with Crippen LogP contribution in [0.5, 0.6) is 11.5 Å². The molecule has 0 saturated heterocycles. The summed E-state index contributed by atoms with van der Waals surface area (Å²) in [6.45, 7) is 0.484. The minimum Gasteiger partial charge on any atom is -0.497 e. The Morgan fingerprint density at radius 3 is 2.74 bits per heavy atom. The Morgan fingerprint density at radius 2 is 2.04 bits per heavy atom. The third-order valence-electron chi connectivity index (χ3n) is 3.32. The molecule has 0 bridgehead atoms. The highest BCUT2D eigenvalue weighted by atomic mass is 79.9. The van der Waals surface area contributed by atoms with Crippen molar-refractivity contribution in [2.45, 2.75) is 6.54 Å². The summed E-state index contributed by atoms with van der Waals surface area (Å²) < 4.78 is 13.3. The normalized spacial score (nSPS) is 11.0. The molecule has 7 nitrogen and oxygen atoms in total. The van der Waals surface area contributed by atoms with Gasteiger partial charge < -0.3 is 19.8 Å². The van der Waals surface area contributed by atoms with E-state index in [1.807, 2.05) is 10.6 Å². The van der Waals surface area contributed by atoms with E-state index in [4.69, 9.17) is 26.8 Å². The second-order valence-electron chi connectivity index (χ2n) is 4.72. The first-order chi connectivity index (χ1) is 11.0. The van der Waals surface area contributed by atoms with Gasteiger partial charge in [-0.05, 0) is 27.6 Å². The Bertz CT molecular complexity index is 883. The summed E-state index contributed by atoms with van der Waals surface area (Å²) in [5.74, 6) is 1.47. The van der Waals surface area contributed by atoms with E-state index in [1.54, 1.807) is 26.6 Å². The zero-order valence-corrected chi connectivity index (χ0v) is 14.7. The van der Waals surface area contributed by atoms with Crippen LogP contribution in [0.1, 0.15) is 5.56 Å². The maximum Gasteiger partial charge on any atom is 0.223 e. The SMILES string of the molecule is COc1cc(Cn2cnc3c(Cl)nc(N)nc32)c(Br)c(OC)c1. The molecule has 23 heavy (non-hydrogen) atoms. The molecule has 2 heterocycles. The van der Waals surface area contributed by atoms with Crippen molar-refractivity contribution in [3.63, 3.8) is 0 Å². The molecule has 3 rings (SSSR count). The molecule has 1 aromatic carbocycles. The number of benzene rings is 1. The van der Waals surface area contributed by atoms with Gasteiger partial charge in [0.05, 0.1) is 31.6 Å². The Morgan fingerprint density at radius 1 is 1.26 bits per heavy atom. The molecule has 0 saturated carbocycles. The van der Waals surface area contributed by atoms with E-state index >= 15 is 0 Å². The molecular formula is C14H13BrClN5O2. The Balaban J connectivity index is 2.09. The quantitative estimate of drug-likeness (QED) is 0.680. The summed E-state index contributed by atoms with van der Waals surface area (Å²) in [4.78, 5) is 12.4. The van der Waals surface area contributed by atoms with Gasteiger partial charge in [0.2, 0.25) is 5.95 Å². The number of fused-ring (bicyclic) bond motifs is 1. The van der Waals surface area contributed by atoms with Gasteiger partial charge in [0.1, 0.15) is 17.0 Å². The fourth-order valence-corrected chi connectivity index (χ4v) is 2.97. The van der Waals surface area contributed by atoms with Crippen LogP contribution in [0.25, 0.3) is 11.2 Å². The summed E-state index contributed by atoms with van der Waals surface area (Å²) in [6.07, 6.45) is 1.64. The first-order valence-electron chi connectivity index (χ1n) is 6.57. The van der Waals surface area contributed by atoms with Crippen molar-refractivity contribution in [1.82, 2.24) is 19.5 Å². The Labute approximate surface area is 145 Å². The van der Waals surface area contributed by atoms with Crippen LogP contribution in [0.2, 0.25) is 5.15 Å². The second-order valence-corrected chi connectivity index (χ2v) is 5.87. The molecule has 9 heteroatoms. The highest BCUT2D eigenvalue weighted by Crippen LogP contribution is 2.34. The van der Waals surface area contributed by atoms with Crippen LogP contribution in [-0.2, 0) is 6.54 Å². The van der Waals surface area contributed by atoms with Crippen LogP contribution in [0, 0.1) is 0 Å². The van der Waals surface area contributed by atoms with Crippen LogP contribution in [-0.4, -0.2) is 33.7 Å². The fraction of sp³-hybridized carbons (Fsp3) is 0.214. The van der Waals surface area contributed by atoms with Gasteiger partial charge >= 0.3 is 0 Å². The van der Waals surface area contributed by atoms with Crippen LogP contribution in [0.4, 0.5) is 5.95 Å². The van der Waals surface area contributed by atoms with Gasteiger partial charge in [-0.1, -0.05) is 11.6 Å². The number of hydrogen-bond acceptors (Lipinski definition) is 6. The van der Waals surface area contributed by atoms with Gasteiger partial charge in [-0.2, -0.15) is 9.97 Å². The standard InChI is InChI=1S/C14H13BrClN5O2/c1-22-8-3-7(10(15)9(4-8)23-2)5-21-6-18-11-12(16)19-14(17)20-13(11)21/h3-4,6H,5H2,1-2H3,(H2,17,19,20). The van der Waals surface area contributed by atoms with Gasteiger partial charge in [-0.25, -0.2) is 4.98 Å². The molecule has 120 valence electrons. The lowest BCUT2D eigenvalue weighted by atomic mass is 10.2. The number of nitrogens with zero attached hydrogens (tertiary/aromatic N) is 4. The first-order valence-corrected chi connectivity index (χ1v) is 7.74. The molecule has 2 N–H and O–H groups in total. The van der Waals surface area contributed by atoms with E-state index in [0.717, 1.165) is 10.0 Å². The van der Waals surface area contributed by atoms with Gasteiger partial charge in [0.15, 0.2) is 10.8 Å². The van der Waals surface area contributed by atoms with E-state index in [0.29, 0.717) is 29.2 Å². The predicted octanol–water partition coefficient (Wildman–Crippen LogP) is 2.89. The molecule has 0 amide bonds. The number of ether oxygens (including phenoxy) is 2. The van der Waals surface area contributed by atoms with E-state index in [9.17, 15) is 0 Å². The average Bonchev–Trinajstić information content (AvgIpc) is 2.92. The van der Waals surface area contributed by atoms with Gasteiger partial charge in [0.25, 0.3) is 0 Å². The molecule has 0 unspecified atom stereocenters. The first kappa shape index (κ1) is 15.8. The van der Waals surface area contributed by atoms with E-state index in [1.165, 1.54) is 0 Å². The van der Waals surface area contributed by atoms with Crippen molar-refractivity contribution in [2.24, 2.45) is 0 Å². The number of imidazole rings is 1. The van der Waals surface area contributed by atoms with Crippen LogP contribution in [0.15, 0.2) is 22.9 Å². The van der Waals surface area contributed by atoms with Crippen LogP contribution < -0.4 is 15.2 Å². The second kappa shape index (κ2) is 6.21. The number of anilines is 1. The molecule has 0 aliphatic heterocycles. The molecule has 2 aromatic heterocycles. The van der Waals surface area contributed by atoms with E-state index in [2.05, 4.69) is 30.9 Å². The molecule has 0 fully saturated rings. The monoisotopic (exact) mass is 397 g/mol. The number of nitrogen functional groups attached to an aromatic ring is 1. The smallest absolute Gasteiger partial charge is 0.223 e. The van der Waals surface area contributed by atoms with Gasteiger partial charge in [-0.15, -0.1) is 0 Å². The highest BCUT2D eigenvalue weighted by Gasteiger charge is 2.14. The zero-order valence-electron chi connectivity index (χ0n) is 12.4. The number of halogens is 2. The van der Waals surface area contributed by atoms with E-state index in [-0.39, 0.29) is 11.1 Å². The minimum absolute atomic E-state index is 0.103. The molecule has 0 aliphatic carbocycles. The van der Waals surface area contributed by atoms with Crippen molar-refractivity contribution in [3.05, 3.63) is 33.6 Å². The van der Waals surface area contributed by atoms with E-state index < -0.39 is 0 Å². The van der Waals surface area contributed by atoms with Crippen molar-refractivity contribution >= 4 is 44.6 Å². The third kappa shape index (κ3) is 2.91. The summed E-state index contributed by atoms with van der Waals surface area (Å²) in [6, 6.07) is 3.71. The fourth-order valence-electron chi connectivity index (χ4n) is 2.23. The summed E-state index contributed by atoms with van der Waals surface area (Å²) >= 11 is 9.59. The van der Waals surface area contributed by atoms with Crippen LogP contribution in [0.3, 0.4) is 0 Å². The average molecular weight is 399 g/mol. The van der Waals surface area contributed by atoms with Crippen molar-refractivity contribution in [3.8, 4) is 11.5 Å². The topological polar surface area (TPSA) is 88.1 Å². The number of methoxy groups -OCH3 is 2. The highest BCUT2D eigenvalue weighted by molar-refractivity contribution is 9.10. The van der Waals surface area contributed by atoms with Crippen molar-refractivity contribution < 1.29 is 9.47 Å². The number of hydrogen-bond donors (Lipinski definition) is 1. The maximum absolute atomic E-state index is 6.05. The summed E-state index contributed by atoms with van der Waals surface area (Å²) in [5.41, 5.74) is 7.68. The molecule has 0 radical (unpaired) electrons. The van der Waals surface area contributed by atoms with Crippen LogP contribution >= 0.6 is 27.5 Å². The number of rotatable bonds is 4. The minimum atomic E-state index is 0.103. The van der Waals surface area contributed by atoms with Gasteiger partial charge in [0, 0.05) is 6.07 Å². The third-order valence-corrected chi connectivity index (χ3v) is 4.49.